The Balaban J connectivity index is 0.00000338. The predicted molar refractivity (Wildman–Crippen MR) is 122 cm³/mol. The van der Waals surface area contributed by atoms with Crippen molar-refractivity contribution in [3.05, 3.63) is 29.8 Å². The topological polar surface area (TPSA) is 62.9 Å². The first-order valence-corrected chi connectivity index (χ1v) is 9.75. The van der Waals surface area contributed by atoms with Gasteiger partial charge < -0.3 is 20.7 Å². The molecule has 26 heavy (non-hydrogen) atoms. The molecule has 0 spiro atoms. The van der Waals surface area contributed by atoms with E-state index in [4.69, 9.17) is 10.5 Å². The van der Waals surface area contributed by atoms with Gasteiger partial charge in [-0.15, -0.1) is 24.0 Å². The number of nitrogens with zero attached hydrogens (tertiary/aromatic N) is 2. The Labute approximate surface area is 175 Å². The molecule has 1 fully saturated rings. The van der Waals surface area contributed by atoms with E-state index < -0.39 is 0 Å². The molecule has 0 aliphatic carbocycles. The van der Waals surface area contributed by atoms with Crippen LogP contribution in [0.5, 0.6) is 0 Å². The third-order valence-corrected chi connectivity index (χ3v) is 4.58. The van der Waals surface area contributed by atoms with Crippen molar-refractivity contribution in [1.82, 2.24) is 5.32 Å². The lowest BCUT2D eigenvalue weighted by molar-refractivity contribution is 0.122. The van der Waals surface area contributed by atoms with Crippen LogP contribution >= 0.6 is 24.0 Å². The average Bonchev–Trinajstić information content (AvgIpc) is 2.67. The van der Waals surface area contributed by atoms with E-state index in [0.717, 1.165) is 39.3 Å². The lowest BCUT2D eigenvalue weighted by Crippen LogP contribution is -2.36. The third kappa shape index (κ3) is 9.07. The first-order chi connectivity index (χ1) is 12.3. The molecule has 2 rings (SSSR count). The summed E-state index contributed by atoms with van der Waals surface area (Å²) in [6.45, 7) is 7.34. The fourth-order valence-corrected chi connectivity index (χ4v) is 2.99. The van der Waals surface area contributed by atoms with Gasteiger partial charge in [0.1, 0.15) is 0 Å². The van der Waals surface area contributed by atoms with E-state index >= 15 is 0 Å². The Morgan fingerprint density at radius 2 is 1.73 bits per heavy atom. The second-order valence-electron chi connectivity index (χ2n) is 6.66. The lowest BCUT2D eigenvalue weighted by Gasteiger charge is -2.28. The highest BCUT2D eigenvalue weighted by Crippen LogP contribution is 2.17. The predicted octanol–water partition coefficient (Wildman–Crippen LogP) is 3.91. The zero-order valence-electron chi connectivity index (χ0n) is 16.1. The van der Waals surface area contributed by atoms with Crippen LogP contribution in [0.2, 0.25) is 0 Å². The van der Waals surface area contributed by atoms with Crippen molar-refractivity contribution in [3.63, 3.8) is 0 Å². The molecule has 0 unspecified atom stereocenters. The van der Waals surface area contributed by atoms with E-state index in [-0.39, 0.29) is 24.0 Å². The summed E-state index contributed by atoms with van der Waals surface area (Å²) in [7, 11) is 0. The number of guanidine groups is 1. The molecular weight excluding hydrogens is 439 g/mol. The molecule has 6 heteroatoms. The molecule has 3 N–H and O–H groups in total. The maximum Gasteiger partial charge on any atom is 0.188 e. The van der Waals surface area contributed by atoms with Crippen molar-refractivity contribution in [2.24, 2.45) is 10.7 Å². The molecule has 0 aromatic heterocycles. The summed E-state index contributed by atoms with van der Waals surface area (Å²) in [4.78, 5) is 6.79. The zero-order chi connectivity index (χ0) is 17.7. The molecule has 1 aromatic carbocycles. The van der Waals surface area contributed by atoms with Crippen LogP contribution in [0.15, 0.2) is 29.3 Å². The Morgan fingerprint density at radius 1 is 1.08 bits per heavy atom. The number of ether oxygens (including phenoxy) is 1. The highest BCUT2D eigenvalue weighted by Gasteiger charge is 2.10. The molecule has 1 saturated heterocycles. The summed E-state index contributed by atoms with van der Waals surface area (Å²) in [6, 6.07) is 8.59. The molecule has 0 radical (unpaired) electrons. The third-order valence-electron chi connectivity index (χ3n) is 4.58. The zero-order valence-corrected chi connectivity index (χ0v) is 18.4. The summed E-state index contributed by atoms with van der Waals surface area (Å²) < 4.78 is 5.39. The molecule has 0 bridgehead atoms. The van der Waals surface area contributed by atoms with Gasteiger partial charge in [0.25, 0.3) is 0 Å². The van der Waals surface area contributed by atoms with Crippen LogP contribution < -0.4 is 16.0 Å². The Morgan fingerprint density at radius 3 is 2.42 bits per heavy atom. The molecule has 148 valence electrons. The minimum absolute atomic E-state index is 0. The molecular formula is C20H35IN4O. The standard InChI is InChI=1S/C20H34N4O.HI/c1-2-3-4-5-6-7-12-22-20(21)23-17-18-8-10-19(11-9-18)24-13-15-25-16-14-24;/h8-11H,2-7,12-17H2,1H3,(H3,21,22,23);1H. The Hall–Kier alpha value is -1.02. The lowest BCUT2D eigenvalue weighted by atomic mass is 10.1. The minimum Gasteiger partial charge on any atom is -0.378 e. The molecule has 1 aliphatic heterocycles. The number of nitrogens with one attached hydrogen (secondary N) is 1. The van der Waals surface area contributed by atoms with Crippen LogP contribution in [-0.2, 0) is 11.3 Å². The van der Waals surface area contributed by atoms with Gasteiger partial charge in [0.15, 0.2) is 5.96 Å². The summed E-state index contributed by atoms with van der Waals surface area (Å²) in [5, 5.41) is 3.21. The largest absolute Gasteiger partial charge is 0.378 e. The van der Waals surface area contributed by atoms with Crippen LogP contribution in [-0.4, -0.2) is 38.8 Å². The quantitative estimate of drug-likeness (QED) is 0.234. The van der Waals surface area contributed by atoms with Crippen LogP contribution in [0.1, 0.15) is 51.0 Å². The van der Waals surface area contributed by atoms with Gasteiger partial charge in [-0.25, -0.2) is 4.99 Å². The van der Waals surface area contributed by atoms with Crippen molar-refractivity contribution in [3.8, 4) is 0 Å². The molecule has 1 aliphatic rings. The van der Waals surface area contributed by atoms with E-state index in [1.807, 2.05) is 0 Å². The van der Waals surface area contributed by atoms with Gasteiger partial charge in [-0.1, -0.05) is 51.2 Å². The van der Waals surface area contributed by atoms with E-state index in [1.54, 1.807) is 0 Å². The fourth-order valence-electron chi connectivity index (χ4n) is 2.99. The molecule has 0 atom stereocenters. The number of benzene rings is 1. The molecule has 0 saturated carbocycles. The number of anilines is 1. The van der Waals surface area contributed by atoms with Gasteiger partial charge in [-0.2, -0.15) is 0 Å². The number of morpholine rings is 1. The van der Waals surface area contributed by atoms with E-state index in [9.17, 15) is 0 Å². The second kappa shape index (κ2) is 14.1. The minimum atomic E-state index is 0. The summed E-state index contributed by atoms with van der Waals surface area (Å²) in [5.41, 5.74) is 8.38. The van der Waals surface area contributed by atoms with Crippen LogP contribution in [0.3, 0.4) is 0 Å². The van der Waals surface area contributed by atoms with Gasteiger partial charge in [0.2, 0.25) is 0 Å². The van der Waals surface area contributed by atoms with E-state index in [0.29, 0.717) is 12.5 Å². The van der Waals surface area contributed by atoms with Gasteiger partial charge in [0.05, 0.1) is 19.8 Å². The number of hydrogen-bond acceptors (Lipinski definition) is 3. The molecule has 1 heterocycles. The molecule has 5 nitrogen and oxygen atoms in total. The summed E-state index contributed by atoms with van der Waals surface area (Å²) in [5.74, 6) is 0.547. The van der Waals surface area contributed by atoms with Gasteiger partial charge in [-0.3, -0.25) is 0 Å². The van der Waals surface area contributed by atoms with Crippen LogP contribution in [0.4, 0.5) is 5.69 Å². The summed E-state index contributed by atoms with van der Waals surface area (Å²) >= 11 is 0. The van der Waals surface area contributed by atoms with Crippen LogP contribution in [0.25, 0.3) is 0 Å². The number of aliphatic imine (C=N–C) groups is 1. The first kappa shape index (κ1) is 23.0. The number of unbranched alkanes of at least 4 members (excludes halogenated alkanes) is 5. The van der Waals surface area contributed by atoms with Crippen molar-refractivity contribution in [1.29, 1.82) is 0 Å². The van der Waals surface area contributed by atoms with Crippen molar-refractivity contribution >= 4 is 35.6 Å². The Bertz CT molecular complexity index is 501. The normalized spacial score (nSPS) is 14.8. The van der Waals surface area contributed by atoms with Crippen molar-refractivity contribution in [2.45, 2.75) is 52.0 Å². The van der Waals surface area contributed by atoms with Crippen molar-refractivity contribution < 1.29 is 4.74 Å². The second-order valence-corrected chi connectivity index (χ2v) is 6.66. The van der Waals surface area contributed by atoms with E-state index in [2.05, 4.69) is 46.4 Å². The van der Waals surface area contributed by atoms with Gasteiger partial charge in [0, 0.05) is 25.3 Å². The smallest absolute Gasteiger partial charge is 0.188 e. The first-order valence-electron chi connectivity index (χ1n) is 9.75. The maximum atomic E-state index is 5.95. The Kier molecular flexibility index (Phi) is 12.5. The average molecular weight is 474 g/mol. The van der Waals surface area contributed by atoms with E-state index in [1.165, 1.54) is 43.4 Å². The molecule has 0 amide bonds. The van der Waals surface area contributed by atoms with Crippen LogP contribution in [0, 0.1) is 0 Å². The summed E-state index contributed by atoms with van der Waals surface area (Å²) in [6.07, 6.45) is 7.74. The molecule has 1 aromatic rings. The highest BCUT2D eigenvalue weighted by molar-refractivity contribution is 14.0. The number of nitrogens with two attached hydrogens (primary N) is 1. The fraction of sp³-hybridized carbons (Fsp3) is 0.650. The number of rotatable bonds is 10. The van der Waals surface area contributed by atoms with Gasteiger partial charge in [-0.05, 0) is 24.1 Å². The monoisotopic (exact) mass is 474 g/mol. The van der Waals surface area contributed by atoms with Crippen molar-refractivity contribution in [2.75, 3.05) is 37.7 Å². The number of hydrogen-bond donors (Lipinski definition) is 2. The maximum absolute atomic E-state index is 5.95. The SMILES string of the molecule is CCCCCCCCNC(N)=NCc1ccc(N2CCOCC2)cc1.I. The highest BCUT2D eigenvalue weighted by atomic mass is 127. The number of halogens is 1. The van der Waals surface area contributed by atoms with Gasteiger partial charge >= 0.3 is 0 Å².